The molecule has 1 aliphatic heterocycles. The van der Waals surface area contributed by atoms with Gasteiger partial charge in [-0.25, -0.2) is 4.79 Å². The van der Waals surface area contributed by atoms with Gasteiger partial charge < -0.3 is 20.1 Å². The Morgan fingerprint density at radius 2 is 2.12 bits per heavy atom. The molecule has 1 aliphatic rings. The quantitative estimate of drug-likeness (QED) is 0.740. The number of nitrogens with one attached hydrogen (secondary N) is 3. The molecule has 3 N–H and O–H groups in total. The van der Waals surface area contributed by atoms with Crippen LogP contribution in [0, 0.1) is 0 Å². The van der Waals surface area contributed by atoms with Gasteiger partial charge in [0.1, 0.15) is 5.75 Å². The summed E-state index contributed by atoms with van der Waals surface area (Å²) in [6.07, 6.45) is 3.19. The molecule has 1 atom stereocenters. The summed E-state index contributed by atoms with van der Waals surface area (Å²) in [6, 6.07) is 7.77. The number of morpholine rings is 1. The van der Waals surface area contributed by atoms with Crippen molar-refractivity contribution < 1.29 is 14.3 Å². The molecule has 0 radical (unpaired) electrons. The molecule has 134 valence electrons. The molecule has 2 heterocycles. The molecule has 1 aromatic heterocycles. The van der Waals surface area contributed by atoms with Gasteiger partial charge in [0.05, 0.1) is 38.2 Å². The molecule has 8 nitrogen and oxygen atoms in total. The van der Waals surface area contributed by atoms with E-state index in [1.165, 1.54) is 0 Å². The van der Waals surface area contributed by atoms with E-state index in [1.807, 2.05) is 24.3 Å². The van der Waals surface area contributed by atoms with Crippen LogP contribution >= 0.6 is 0 Å². The molecular formula is C17H23N5O3. The van der Waals surface area contributed by atoms with Gasteiger partial charge in [-0.3, -0.25) is 10.00 Å². The molecule has 25 heavy (non-hydrogen) atoms. The van der Waals surface area contributed by atoms with Crippen LogP contribution in [0.3, 0.4) is 0 Å². The summed E-state index contributed by atoms with van der Waals surface area (Å²) < 4.78 is 10.7. The number of benzene rings is 1. The van der Waals surface area contributed by atoms with E-state index in [0.29, 0.717) is 25.4 Å². The molecule has 2 amide bonds. The lowest BCUT2D eigenvalue weighted by Crippen LogP contribution is -2.44. The summed E-state index contributed by atoms with van der Waals surface area (Å²) in [6.45, 7) is 3.57. The van der Waals surface area contributed by atoms with E-state index in [2.05, 4.69) is 25.7 Å². The summed E-state index contributed by atoms with van der Waals surface area (Å²) in [4.78, 5) is 14.4. The van der Waals surface area contributed by atoms with Crippen molar-refractivity contribution in [3.05, 3.63) is 42.2 Å². The molecule has 1 saturated heterocycles. The number of nitrogens with zero attached hydrogens (tertiary/aromatic N) is 2. The van der Waals surface area contributed by atoms with Gasteiger partial charge in [0, 0.05) is 25.8 Å². The lowest BCUT2D eigenvalue weighted by molar-refractivity contribution is 0.0167. The van der Waals surface area contributed by atoms with Crippen molar-refractivity contribution >= 4 is 11.7 Å². The van der Waals surface area contributed by atoms with Crippen molar-refractivity contribution in [2.24, 2.45) is 0 Å². The summed E-state index contributed by atoms with van der Waals surface area (Å²) in [5, 5.41) is 12.2. The predicted molar refractivity (Wildman–Crippen MR) is 93.7 cm³/mol. The zero-order valence-corrected chi connectivity index (χ0v) is 14.2. The maximum atomic E-state index is 12.1. The number of carbonyl (C=O) groups is 1. The Morgan fingerprint density at radius 3 is 2.76 bits per heavy atom. The highest BCUT2D eigenvalue weighted by Crippen LogP contribution is 2.23. The monoisotopic (exact) mass is 345 g/mol. The number of hydrogen-bond donors (Lipinski definition) is 3. The van der Waals surface area contributed by atoms with Crippen LogP contribution in [-0.4, -0.2) is 61.1 Å². The van der Waals surface area contributed by atoms with Gasteiger partial charge in [0.15, 0.2) is 0 Å². The Labute approximate surface area is 146 Å². The van der Waals surface area contributed by atoms with Crippen molar-refractivity contribution in [2.45, 2.75) is 6.04 Å². The van der Waals surface area contributed by atoms with Gasteiger partial charge in [0.2, 0.25) is 0 Å². The molecule has 0 spiro atoms. The summed E-state index contributed by atoms with van der Waals surface area (Å²) in [5.41, 5.74) is 1.76. The fraction of sp³-hybridized carbons (Fsp3) is 0.412. The van der Waals surface area contributed by atoms with E-state index >= 15 is 0 Å². The maximum Gasteiger partial charge on any atom is 0.319 e. The maximum absolute atomic E-state index is 12.1. The van der Waals surface area contributed by atoms with E-state index in [1.54, 1.807) is 19.5 Å². The highest BCUT2D eigenvalue weighted by molar-refractivity contribution is 5.88. The molecular weight excluding hydrogens is 322 g/mol. The number of rotatable bonds is 6. The average Bonchev–Trinajstić information content (AvgIpc) is 3.16. The van der Waals surface area contributed by atoms with E-state index in [9.17, 15) is 4.79 Å². The number of carbonyl (C=O) groups excluding carboxylic acids is 1. The number of amides is 2. The lowest BCUT2D eigenvalue weighted by Gasteiger charge is -2.35. The van der Waals surface area contributed by atoms with Crippen LogP contribution < -0.4 is 15.4 Å². The van der Waals surface area contributed by atoms with Crippen LogP contribution in [0.15, 0.2) is 36.7 Å². The van der Waals surface area contributed by atoms with E-state index in [0.717, 1.165) is 24.4 Å². The summed E-state index contributed by atoms with van der Waals surface area (Å²) in [7, 11) is 1.65. The third kappa shape index (κ3) is 4.71. The highest BCUT2D eigenvalue weighted by Gasteiger charge is 2.23. The fourth-order valence-corrected chi connectivity index (χ4v) is 2.86. The molecule has 0 aliphatic carbocycles. The molecule has 2 aromatic rings. The molecule has 0 bridgehead atoms. The van der Waals surface area contributed by atoms with Gasteiger partial charge in [-0.15, -0.1) is 0 Å². The van der Waals surface area contributed by atoms with Crippen molar-refractivity contribution in [3.8, 4) is 5.75 Å². The highest BCUT2D eigenvalue weighted by atomic mass is 16.5. The van der Waals surface area contributed by atoms with Crippen LogP contribution in [-0.2, 0) is 4.74 Å². The first kappa shape index (κ1) is 17.2. The fourth-order valence-electron chi connectivity index (χ4n) is 2.86. The minimum Gasteiger partial charge on any atom is -0.497 e. The average molecular weight is 345 g/mol. The van der Waals surface area contributed by atoms with E-state index < -0.39 is 0 Å². The van der Waals surface area contributed by atoms with Crippen molar-refractivity contribution in [1.82, 2.24) is 20.4 Å². The second kappa shape index (κ2) is 8.50. The second-order valence-electron chi connectivity index (χ2n) is 5.76. The minimum absolute atomic E-state index is 0.0740. The normalized spacial score (nSPS) is 16.2. The second-order valence-corrected chi connectivity index (χ2v) is 5.76. The van der Waals surface area contributed by atoms with Crippen molar-refractivity contribution in [1.29, 1.82) is 0 Å². The molecule has 1 fully saturated rings. The number of hydrogen-bond acceptors (Lipinski definition) is 5. The largest absolute Gasteiger partial charge is 0.497 e. The first-order valence-corrected chi connectivity index (χ1v) is 8.25. The Kier molecular flexibility index (Phi) is 5.86. The minimum atomic E-state index is -0.256. The number of anilines is 1. The Morgan fingerprint density at radius 1 is 1.36 bits per heavy atom. The smallest absolute Gasteiger partial charge is 0.319 e. The van der Waals surface area contributed by atoms with Gasteiger partial charge >= 0.3 is 6.03 Å². The van der Waals surface area contributed by atoms with Crippen LogP contribution in [0.1, 0.15) is 11.6 Å². The molecule has 1 aromatic carbocycles. The van der Waals surface area contributed by atoms with Crippen LogP contribution in [0.4, 0.5) is 10.5 Å². The van der Waals surface area contributed by atoms with Gasteiger partial charge in [-0.05, 0) is 17.7 Å². The van der Waals surface area contributed by atoms with E-state index in [-0.39, 0.29) is 12.1 Å². The molecule has 0 saturated carbocycles. The Hall–Kier alpha value is -2.58. The topological polar surface area (TPSA) is 91.5 Å². The van der Waals surface area contributed by atoms with Crippen molar-refractivity contribution in [3.63, 3.8) is 0 Å². The zero-order chi connectivity index (χ0) is 17.5. The molecule has 0 unspecified atom stereocenters. The van der Waals surface area contributed by atoms with Gasteiger partial charge in [0.25, 0.3) is 0 Å². The van der Waals surface area contributed by atoms with Crippen LogP contribution in [0.2, 0.25) is 0 Å². The SMILES string of the molecule is COc1ccc([C@H](CNC(=O)Nc2cn[nH]c2)N2CCOCC2)cc1. The first-order chi connectivity index (χ1) is 12.3. The third-order valence-corrected chi connectivity index (χ3v) is 4.20. The van der Waals surface area contributed by atoms with Crippen LogP contribution in [0.5, 0.6) is 5.75 Å². The number of methoxy groups -OCH3 is 1. The predicted octanol–water partition coefficient (Wildman–Crippen LogP) is 1.61. The van der Waals surface area contributed by atoms with Gasteiger partial charge in [-0.2, -0.15) is 5.10 Å². The lowest BCUT2D eigenvalue weighted by atomic mass is 10.0. The summed E-state index contributed by atoms with van der Waals surface area (Å²) in [5.74, 6) is 0.815. The van der Waals surface area contributed by atoms with Gasteiger partial charge in [-0.1, -0.05) is 12.1 Å². The summed E-state index contributed by atoms with van der Waals surface area (Å²) >= 11 is 0. The van der Waals surface area contributed by atoms with Crippen molar-refractivity contribution in [2.75, 3.05) is 45.3 Å². The number of aromatic nitrogens is 2. The van der Waals surface area contributed by atoms with E-state index in [4.69, 9.17) is 9.47 Å². The number of urea groups is 1. The van der Waals surface area contributed by atoms with Crippen LogP contribution in [0.25, 0.3) is 0 Å². The number of H-pyrrole nitrogens is 1. The first-order valence-electron chi connectivity index (χ1n) is 8.25. The number of aromatic amines is 1. The third-order valence-electron chi connectivity index (χ3n) is 4.20. The zero-order valence-electron chi connectivity index (χ0n) is 14.2. The molecule has 3 rings (SSSR count). The Balaban J connectivity index is 1.65. The Bertz CT molecular complexity index is 653. The number of ether oxygens (including phenoxy) is 2. The standard InChI is InChI=1S/C17H23N5O3/c1-24-15-4-2-13(3-5-15)16(22-6-8-25-9-7-22)12-18-17(23)21-14-10-19-20-11-14/h2-5,10-11,16H,6-9,12H2,1H3,(H,19,20)(H2,18,21,23)/t16-/m0/s1. The molecule has 8 heteroatoms.